The summed E-state index contributed by atoms with van der Waals surface area (Å²) in [6.07, 6.45) is 4.65. The number of piperidine rings is 1. The summed E-state index contributed by atoms with van der Waals surface area (Å²) in [5.41, 5.74) is 0. The zero-order valence-electron chi connectivity index (χ0n) is 17.5. The first-order valence-corrected chi connectivity index (χ1v) is 10.7. The van der Waals surface area contributed by atoms with E-state index in [0.717, 1.165) is 56.0 Å². The number of nitrogens with one attached hydrogen (secondary N) is 2. The Hall–Kier alpha value is -1.63. The van der Waals surface area contributed by atoms with Crippen LogP contribution in [0, 0.1) is 18.8 Å². The van der Waals surface area contributed by atoms with Crippen LogP contribution in [0.4, 0.5) is 0 Å². The summed E-state index contributed by atoms with van der Waals surface area (Å²) in [4.78, 5) is 12.0. The topological polar surface area (TPSA) is 70.4 Å². The highest BCUT2D eigenvalue weighted by atomic mass is 15.4. The summed E-state index contributed by atoms with van der Waals surface area (Å²) in [6, 6.07) is 0.361. The fourth-order valence-electron chi connectivity index (χ4n) is 4.27. The smallest absolute Gasteiger partial charge is 0.191 e. The minimum atomic E-state index is 0.361. The van der Waals surface area contributed by atoms with Crippen molar-refractivity contribution in [2.75, 3.05) is 32.7 Å². The molecule has 0 aromatic carbocycles. The van der Waals surface area contributed by atoms with Crippen LogP contribution < -0.4 is 10.6 Å². The Morgan fingerprint density at radius 3 is 2.93 bits per heavy atom. The molecule has 1 aromatic heterocycles. The maximum atomic E-state index is 4.93. The van der Waals surface area contributed by atoms with Crippen molar-refractivity contribution in [3.8, 4) is 0 Å². The molecule has 1 aromatic rings. The quantitative estimate of drug-likeness (QED) is 0.586. The molecule has 0 saturated carbocycles. The molecular weight excluding hydrogens is 338 g/mol. The summed E-state index contributed by atoms with van der Waals surface area (Å²) in [7, 11) is 0. The molecule has 0 amide bonds. The Bertz CT molecular complexity index is 622. The lowest BCUT2D eigenvalue weighted by atomic mass is 9.97. The van der Waals surface area contributed by atoms with E-state index in [4.69, 9.17) is 4.99 Å². The SMILES string of the molecule is CCNC(=NCC1CCCN(CC(C)C)C1)NC1CCc2nc(C)nn2C1. The van der Waals surface area contributed by atoms with E-state index in [0.29, 0.717) is 12.0 Å². The summed E-state index contributed by atoms with van der Waals surface area (Å²) >= 11 is 0. The Morgan fingerprint density at radius 2 is 2.15 bits per heavy atom. The lowest BCUT2D eigenvalue weighted by Gasteiger charge is -2.33. The number of fused-ring (bicyclic) bond motifs is 1. The lowest BCUT2D eigenvalue weighted by Crippen LogP contribution is -2.47. The van der Waals surface area contributed by atoms with Gasteiger partial charge in [-0.25, -0.2) is 9.67 Å². The number of guanidine groups is 1. The van der Waals surface area contributed by atoms with Gasteiger partial charge in [0.1, 0.15) is 11.6 Å². The van der Waals surface area contributed by atoms with E-state index in [-0.39, 0.29) is 0 Å². The molecule has 7 heteroatoms. The molecule has 1 saturated heterocycles. The van der Waals surface area contributed by atoms with Gasteiger partial charge in [0.2, 0.25) is 0 Å². The predicted molar refractivity (Wildman–Crippen MR) is 110 cm³/mol. The second-order valence-electron chi connectivity index (χ2n) is 8.52. The number of aromatic nitrogens is 3. The van der Waals surface area contributed by atoms with Gasteiger partial charge in [0.15, 0.2) is 5.96 Å². The fourth-order valence-corrected chi connectivity index (χ4v) is 4.27. The highest BCUT2D eigenvalue weighted by molar-refractivity contribution is 5.80. The molecule has 152 valence electrons. The predicted octanol–water partition coefficient (Wildman–Crippen LogP) is 1.82. The van der Waals surface area contributed by atoms with Crippen molar-refractivity contribution in [3.05, 3.63) is 11.6 Å². The van der Waals surface area contributed by atoms with Crippen LogP contribution in [0.3, 0.4) is 0 Å². The summed E-state index contributed by atoms with van der Waals surface area (Å²) < 4.78 is 2.05. The minimum absolute atomic E-state index is 0.361. The van der Waals surface area contributed by atoms with Crippen LogP contribution in [0.1, 0.15) is 51.7 Å². The minimum Gasteiger partial charge on any atom is -0.357 e. The maximum absolute atomic E-state index is 4.93. The first-order chi connectivity index (χ1) is 13.0. The number of aryl methyl sites for hydroxylation is 2. The fraction of sp³-hybridized carbons (Fsp3) is 0.850. The Morgan fingerprint density at radius 1 is 1.30 bits per heavy atom. The van der Waals surface area contributed by atoms with E-state index >= 15 is 0 Å². The molecule has 2 unspecified atom stereocenters. The van der Waals surface area contributed by atoms with Gasteiger partial charge in [-0.05, 0) is 51.5 Å². The zero-order chi connectivity index (χ0) is 19.2. The zero-order valence-corrected chi connectivity index (χ0v) is 17.5. The molecule has 7 nitrogen and oxygen atoms in total. The Labute approximate surface area is 164 Å². The van der Waals surface area contributed by atoms with Gasteiger partial charge in [-0.2, -0.15) is 5.10 Å². The third kappa shape index (κ3) is 5.92. The van der Waals surface area contributed by atoms with Crippen molar-refractivity contribution in [1.82, 2.24) is 30.3 Å². The summed E-state index contributed by atoms with van der Waals surface area (Å²) in [5.74, 6) is 4.34. The van der Waals surface area contributed by atoms with Crippen LogP contribution in [-0.4, -0.2) is 64.4 Å². The lowest BCUT2D eigenvalue weighted by molar-refractivity contribution is 0.162. The van der Waals surface area contributed by atoms with Gasteiger partial charge in [0, 0.05) is 38.6 Å². The molecule has 2 aliphatic heterocycles. The van der Waals surface area contributed by atoms with Crippen molar-refractivity contribution in [3.63, 3.8) is 0 Å². The molecule has 0 bridgehead atoms. The maximum Gasteiger partial charge on any atom is 0.191 e. The number of hydrogen-bond acceptors (Lipinski definition) is 4. The number of nitrogens with zero attached hydrogens (tertiary/aromatic N) is 5. The second kappa shape index (κ2) is 9.53. The molecule has 0 radical (unpaired) electrons. The summed E-state index contributed by atoms with van der Waals surface area (Å²) in [6.45, 7) is 15.0. The van der Waals surface area contributed by atoms with Crippen molar-refractivity contribution < 1.29 is 0 Å². The van der Waals surface area contributed by atoms with Gasteiger partial charge >= 0.3 is 0 Å². The van der Waals surface area contributed by atoms with Crippen LogP contribution in [0.15, 0.2) is 4.99 Å². The molecule has 3 rings (SSSR count). The largest absolute Gasteiger partial charge is 0.357 e. The summed E-state index contributed by atoms with van der Waals surface area (Å²) in [5, 5.41) is 11.6. The normalized spacial score (nSPS) is 24.1. The van der Waals surface area contributed by atoms with E-state index < -0.39 is 0 Å². The van der Waals surface area contributed by atoms with E-state index in [1.807, 2.05) is 11.6 Å². The van der Waals surface area contributed by atoms with Crippen LogP contribution >= 0.6 is 0 Å². The van der Waals surface area contributed by atoms with Crippen molar-refractivity contribution in [2.24, 2.45) is 16.8 Å². The van der Waals surface area contributed by atoms with Crippen LogP contribution in [0.25, 0.3) is 0 Å². The average molecular weight is 376 g/mol. The van der Waals surface area contributed by atoms with Crippen molar-refractivity contribution in [2.45, 2.75) is 66.0 Å². The molecule has 1 fully saturated rings. The second-order valence-corrected chi connectivity index (χ2v) is 8.52. The average Bonchev–Trinajstić information content (AvgIpc) is 2.99. The third-order valence-electron chi connectivity index (χ3n) is 5.38. The Balaban J connectivity index is 1.53. The number of aliphatic imine (C=N–C) groups is 1. The first-order valence-electron chi connectivity index (χ1n) is 10.7. The number of likely N-dealkylation sites (tertiary alicyclic amines) is 1. The number of hydrogen-bond donors (Lipinski definition) is 2. The van der Waals surface area contributed by atoms with Gasteiger partial charge in [-0.3, -0.25) is 4.99 Å². The molecule has 2 aliphatic rings. The van der Waals surface area contributed by atoms with Crippen molar-refractivity contribution in [1.29, 1.82) is 0 Å². The Kier molecular flexibility index (Phi) is 7.10. The number of rotatable bonds is 6. The third-order valence-corrected chi connectivity index (χ3v) is 5.38. The van der Waals surface area contributed by atoms with E-state index in [1.54, 1.807) is 0 Å². The van der Waals surface area contributed by atoms with E-state index in [2.05, 4.69) is 46.4 Å². The van der Waals surface area contributed by atoms with Gasteiger partial charge in [-0.1, -0.05) is 13.8 Å². The van der Waals surface area contributed by atoms with E-state index in [1.165, 1.54) is 32.5 Å². The van der Waals surface area contributed by atoms with Gasteiger partial charge in [-0.15, -0.1) is 0 Å². The molecule has 2 atom stereocenters. The van der Waals surface area contributed by atoms with E-state index in [9.17, 15) is 0 Å². The van der Waals surface area contributed by atoms with Crippen LogP contribution in [-0.2, 0) is 13.0 Å². The highest BCUT2D eigenvalue weighted by Crippen LogP contribution is 2.18. The monoisotopic (exact) mass is 375 g/mol. The molecule has 27 heavy (non-hydrogen) atoms. The molecule has 2 N–H and O–H groups in total. The first kappa shape index (κ1) is 20.1. The van der Waals surface area contributed by atoms with Crippen LogP contribution in [0.5, 0.6) is 0 Å². The molecular formula is C20H37N7. The van der Waals surface area contributed by atoms with Crippen LogP contribution in [0.2, 0.25) is 0 Å². The standard InChI is InChI=1S/C20H37N7/c1-5-21-20(22-11-17-7-6-10-26(13-17)12-15(2)3)24-18-8-9-19-23-16(4)25-27(19)14-18/h15,17-18H,5-14H2,1-4H3,(H2,21,22,24). The van der Waals surface area contributed by atoms with Crippen molar-refractivity contribution >= 4 is 5.96 Å². The van der Waals surface area contributed by atoms with Gasteiger partial charge in [0.05, 0.1) is 6.54 Å². The van der Waals surface area contributed by atoms with Gasteiger partial charge < -0.3 is 15.5 Å². The molecule has 3 heterocycles. The molecule has 0 aliphatic carbocycles. The highest BCUT2D eigenvalue weighted by Gasteiger charge is 2.23. The molecule has 0 spiro atoms. The van der Waals surface area contributed by atoms with Gasteiger partial charge in [0.25, 0.3) is 0 Å².